The van der Waals surface area contributed by atoms with E-state index in [4.69, 9.17) is 0 Å². The number of carbonyl (C=O) groups is 1. The third-order valence-electron chi connectivity index (χ3n) is 4.74. The van der Waals surface area contributed by atoms with Crippen LogP contribution >= 0.6 is 0 Å². The molecule has 0 radical (unpaired) electrons. The number of halogens is 3. The van der Waals surface area contributed by atoms with E-state index < -0.39 is 11.7 Å². The number of pyridine rings is 1. The average molecular weight is 380 g/mol. The number of alkyl halides is 3. The fourth-order valence-corrected chi connectivity index (χ4v) is 3.15. The van der Waals surface area contributed by atoms with E-state index in [9.17, 15) is 23.1 Å². The van der Waals surface area contributed by atoms with Gasteiger partial charge in [0.15, 0.2) is 0 Å². The van der Waals surface area contributed by atoms with Crippen LogP contribution in [0.25, 0.3) is 0 Å². The van der Waals surface area contributed by atoms with E-state index in [1.807, 2.05) is 11.8 Å². The minimum atomic E-state index is -4.37. The van der Waals surface area contributed by atoms with Gasteiger partial charge in [0.05, 0.1) is 24.3 Å². The second-order valence-corrected chi connectivity index (χ2v) is 6.73. The first-order valence-corrected chi connectivity index (χ1v) is 8.68. The highest BCUT2D eigenvalue weighted by Gasteiger charge is 2.33. The maximum atomic E-state index is 12.6. The Labute approximate surface area is 154 Å². The van der Waals surface area contributed by atoms with Crippen LogP contribution in [-0.2, 0) is 11.0 Å². The minimum Gasteiger partial charge on any atom is -0.506 e. The van der Waals surface area contributed by atoms with Gasteiger partial charge in [0, 0.05) is 12.0 Å². The standard InChI is InChI=1S/C19H20F3N3O2/c1-12-2-4-15(16(26)10-12)24-18(27)13-6-8-25(9-7-13)17-5-3-14(11-23-17)19(20,21)22/h2-5,10-11,13,26H,6-9H2,1H3,(H,24,27)/p+1. The molecule has 2 heterocycles. The van der Waals surface area contributed by atoms with Crippen molar-refractivity contribution in [3.05, 3.63) is 47.7 Å². The van der Waals surface area contributed by atoms with Crippen LogP contribution in [-0.4, -0.2) is 24.1 Å². The van der Waals surface area contributed by atoms with Gasteiger partial charge in [-0.15, -0.1) is 0 Å². The number of piperidine rings is 1. The summed E-state index contributed by atoms with van der Waals surface area (Å²) in [6.45, 7) is 2.96. The van der Waals surface area contributed by atoms with Crippen molar-refractivity contribution in [3.63, 3.8) is 0 Å². The molecule has 27 heavy (non-hydrogen) atoms. The van der Waals surface area contributed by atoms with E-state index in [-0.39, 0.29) is 17.6 Å². The number of aromatic nitrogens is 1. The molecule has 0 saturated carbocycles. The Bertz CT molecular complexity index is 814. The first kappa shape index (κ1) is 19.0. The van der Waals surface area contributed by atoms with E-state index in [0.29, 0.717) is 37.4 Å². The Kier molecular flexibility index (Phi) is 5.25. The molecule has 144 valence electrons. The number of benzene rings is 1. The molecule has 0 aliphatic carbocycles. The van der Waals surface area contributed by atoms with Crippen LogP contribution in [0.5, 0.6) is 5.75 Å². The van der Waals surface area contributed by atoms with Crippen molar-refractivity contribution in [2.24, 2.45) is 5.92 Å². The second kappa shape index (κ2) is 7.46. The SMILES string of the molecule is Cc1ccc(NC(=O)C2CCN(c3ccc(C(F)(F)F)c[nH+]3)CC2)c(O)c1. The van der Waals surface area contributed by atoms with Gasteiger partial charge in [-0.05, 0) is 43.5 Å². The lowest BCUT2D eigenvalue weighted by molar-refractivity contribution is -0.367. The van der Waals surface area contributed by atoms with Crippen molar-refractivity contribution in [3.8, 4) is 5.75 Å². The van der Waals surface area contributed by atoms with Gasteiger partial charge in [-0.1, -0.05) is 6.07 Å². The molecule has 1 aliphatic heterocycles. The summed E-state index contributed by atoms with van der Waals surface area (Å²) in [4.78, 5) is 17.0. The van der Waals surface area contributed by atoms with Crippen LogP contribution in [0, 0.1) is 12.8 Å². The number of aryl methyl sites for hydroxylation is 1. The fourth-order valence-electron chi connectivity index (χ4n) is 3.15. The fraction of sp³-hybridized carbons (Fsp3) is 0.368. The molecule has 3 N–H and O–H groups in total. The zero-order chi connectivity index (χ0) is 19.6. The third-order valence-corrected chi connectivity index (χ3v) is 4.74. The summed E-state index contributed by atoms with van der Waals surface area (Å²) in [5.74, 6) is 0.250. The number of nitrogens with zero attached hydrogens (tertiary/aromatic N) is 1. The number of aromatic amines is 1. The Hall–Kier alpha value is -2.77. The topological polar surface area (TPSA) is 66.7 Å². The van der Waals surface area contributed by atoms with Crippen LogP contribution < -0.4 is 15.2 Å². The molecule has 1 aromatic heterocycles. The van der Waals surface area contributed by atoms with Gasteiger partial charge in [-0.2, -0.15) is 13.2 Å². The van der Waals surface area contributed by atoms with Crippen molar-refractivity contribution in [2.45, 2.75) is 25.9 Å². The van der Waals surface area contributed by atoms with Crippen LogP contribution in [0.1, 0.15) is 24.0 Å². The molecular weight excluding hydrogens is 359 g/mol. The minimum absolute atomic E-state index is 0.0279. The number of hydrogen-bond donors (Lipinski definition) is 2. The van der Waals surface area contributed by atoms with Gasteiger partial charge in [-0.25, -0.2) is 4.98 Å². The van der Waals surface area contributed by atoms with Gasteiger partial charge in [0.25, 0.3) is 5.82 Å². The van der Waals surface area contributed by atoms with Crippen molar-refractivity contribution in [1.82, 2.24) is 0 Å². The second-order valence-electron chi connectivity index (χ2n) is 6.73. The molecule has 1 fully saturated rings. The van der Waals surface area contributed by atoms with Crippen molar-refractivity contribution in [1.29, 1.82) is 0 Å². The number of H-pyrrole nitrogens is 1. The molecular formula is C19H21F3N3O2+. The number of nitrogens with one attached hydrogen (secondary N) is 2. The summed E-state index contributed by atoms with van der Waals surface area (Å²) in [6.07, 6.45) is -2.27. The predicted octanol–water partition coefficient (Wildman–Crippen LogP) is 3.39. The highest BCUT2D eigenvalue weighted by atomic mass is 19.4. The molecule has 2 aromatic rings. The summed E-state index contributed by atoms with van der Waals surface area (Å²) in [6, 6.07) is 7.50. The molecule has 0 unspecified atom stereocenters. The molecule has 3 rings (SSSR count). The highest BCUT2D eigenvalue weighted by molar-refractivity contribution is 5.94. The number of anilines is 2. The highest BCUT2D eigenvalue weighted by Crippen LogP contribution is 2.30. The number of aromatic hydroxyl groups is 1. The Balaban J connectivity index is 1.57. The van der Waals surface area contributed by atoms with Gasteiger partial charge in [0.1, 0.15) is 11.9 Å². The van der Waals surface area contributed by atoms with E-state index >= 15 is 0 Å². The zero-order valence-electron chi connectivity index (χ0n) is 14.8. The molecule has 1 saturated heterocycles. The Morgan fingerprint density at radius 1 is 1.22 bits per heavy atom. The molecule has 0 atom stereocenters. The number of amides is 1. The van der Waals surface area contributed by atoms with Crippen molar-refractivity contribution < 1.29 is 28.1 Å². The van der Waals surface area contributed by atoms with Crippen molar-refractivity contribution >= 4 is 17.4 Å². The number of phenols is 1. The van der Waals surface area contributed by atoms with Crippen LogP contribution in [0.15, 0.2) is 36.5 Å². The van der Waals surface area contributed by atoms with Gasteiger partial charge in [0.2, 0.25) is 5.91 Å². The number of phenolic OH excluding ortho intramolecular Hbond substituents is 1. The summed E-state index contributed by atoms with van der Waals surface area (Å²) in [5.41, 5.74) is 0.550. The molecule has 1 amide bonds. The lowest BCUT2D eigenvalue weighted by Gasteiger charge is -2.27. The van der Waals surface area contributed by atoms with Crippen LogP contribution in [0.4, 0.5) is 24.7 Å². The third kappa shape index (κ3) is 4.50. The van der Waals surface area contributed by atoms with Gasteiger partial charge < -0.3 is 10.4 Å². The maximum Gasteiger partial charge on any atom is 0.419 e. The Morgan fingerprint density at radius 3 is 2.48 bits per heavy atom. The summed E-state index contributed by atoms with van der Waals surface area (Å²) >= 11 is 0. The lowest BCUT2D eigenvalue weighted by atomic mass is 9.95. The van der Waals surface area contributed by atoms with Gasteiger partial charge >= 0.3 is 6.18 Å². The number of rotatable bonds is 3. The summed E-state index contributed by atoms with van der Waals surface area (Å²) in [7, 11) is 0. The summed E-state index contributed by atoms with van der Waals surface area (Å²) in [5, 5.41) is 12.6. The van der Waals surface area contributed by atoms with Crippen molar-refractivity contribution in [2.75, 3.05) is 23.3 Å². The number of hydrogen-bond acceptors (Lipinski definition) is 3. The molecule has 0 bridgehead atoms. The maximum absolute atomic E-state index is 12.6. The van der Waals surface area contributed by atoms with Crippen LogP contribution in [0.2, 0.25) is 0 Å². The molecule has 0 spiro atoms. The molecule has 1 aromatic carbocycles. The Morgan fingerprint density at radius 2 is 1.93 bits per heavy atom. The number of carbonyl (C=O) groups excluding carboxylic acids is 1. The van der Waals surface area contributed by atoms with E-state index in [1.165, 1.54) is 6.07 Å². The zero-order valence-corrected chi connectivity index (χ0v) is 14.8. The van der Waals surface area contributed by atoms with E-state index in [2.05, 4.69) is 10.3 Å². The quantitative estimate of drug-likeness (QED) is 0.803. The molecule has 1 aliphatic rings. The monoisotopic (exact) mass is 380 g/mol. The predicted molar refractivity (Wildman–Crippen MR) is 94.4 cm³/mol. The van der Waals surface area contributed by atoms with Crippen LogP contribution in [0.3, 0.4) is 0 Å². The average Bonchev–Trinajstić information content (AvgIpc) is 2.63. The lowest BCUT2D eigenvalue weighted by Crippen LogP contribution is -2.40. The van der Waals surface area contributed by atoms with Gasteiger partial charge in [-0.3, -0.25) is 9.69 Å². The first-order chi connectivity index (χ1) is 12.7. The van der Waals surface area contributed by atoms with E-state index in [1.54, 1.807) is 18.2 Å². The molecule has 5 nitrogen and oxygen atoms in total. The summed E-state index contributed by atoms with van der Waals surface area (Å²) < 4.78 is 37.9. The largest absolute Gasteiger partial charge is 0.506 e. The first-order valence-electron chi connectivity index (χ1n) is 8.68. The smallest absolute Gasteiger partial charge is 0.419 e. The molecule has 8 heteroatoms. The van der Waals surface area contributed by atoms with E-state index in [0.717, 1.165) is 17.8 Å². The normalized spacial score (nSPS) is 15.6.